The number of likely N-dealkylation sites (N-methyl/N-ethyl adjacent to an activating group) is 2. The van der Waals surface area contributed by atoms with Crippen molar-refractivity contribution in [3.05, 3.63) is 40.4 Å². The highest BCUT2D eigenvalue weighted by molar-refractivity contribution is 7.09. The van der Waals surface area contributed by atoms with Crippen molar-refractivity contribution in [3.8, 4) is 0 Å². The number of hydrogen-bond donors (Lipinski definition) is 2. The van der Waals surface area contributed by atoms with Gasteiger partial charge in [-0.2, -0.15) is 0 Å². The van der Waals surface area contributed by atoms with Crippen molar-refractivity contribution >= 4 is 41.0 Å². The molecular weight excluding hydrogens is 687 g/mol. The second-order valence-corrected chi connectivity index (χ2v) is 15.4. The molecule has 15 heteroatoms. The molecule has 0 aromatic carbocycles. The fraction of sp³-hybridized carbons (Fsp3) is 0.676. The van der Waals surface area contributed by atoms with Crippen molar-refractivity contribution in [2.24, 2.45) is 17.8 Å². The van der Waals surface area contributed by atoms with Gasteiger partial charge >= 0.3 is 11.9 Å². The molecule has 2 aromatic heterocycles. The molecule has 3 heterocycles. The van der Waals surface area contributed by atoms with Gasteiger partial charge in [0.1, 0.15) is 22.6 Å². The summed E-state index contributed by atoms with van der Waals surface area (Å²) in [7, 11) is 5.02. The molecule has 6 atom stereocenters. The lowest BCUT2D eigenvalue weighted by Gasteiger charge is -2.41. The highest BCUT2D eigenvalue weighted by Gasteiger charge is 2.40. The fourth-order valence-electron chi connectivity index (χ4n) is 7.06. The normalized spacial score (nSPS) is 19.3. The van der Waals surface area contributed by atoms with Crippen LogP contribution in [0, 0.1) is 17.8 Å². The van der Waals surface area contributed by atoms with Gasteiger partial charge in [0, 0.05) is 56.7 Å². The number of likely N-dealkylation sites (tertiary alicyclic amines) is 1. The molecular formula is C37H55N7O7S. The highest BCUT2D eigenvalue weighted by Crippen LogP contribution is 2.34. The number of nitrogens with one attached hydrogen (secondary N) is 2. The quantitative estimate of drug-likeness (QED) is 0.226. The van der Waals surface area contributed by atoms with Crippen LogP contribution in [0.4, 0.5) is 0 Å². The van der Waals surface area contributed by atoms with E-state index in [0.29, 0.717) is 17.3 Å². The first kappa shape index (κ1) is 40.8. The zero-order valence-electron chi connectivity index (χ0n) is 31.5. The zero-order chi connectivity index (χ0) is 37.9. The molecule has 14 nitrogen and oxygen atoms in total. The lowest BCUT2D eigenvalue weighted by Crippen LogP contribution is -2.59. The molecule has 0 radical (unpaired) electrons. The van der Waals surface area contributed by atoms with E-state index in [0.717, 1.165) is 45.1 Å². The van der Waals surface area contributed by atoms with E-state index in [-0.39, 0.29) is 54.3 Å². The molecule has 286 valence electrons. The molecule has 3 amide bonds. The number of rotatable bonds is 17. The van der Waals surface area contributed by atoms with Gasteiger partial charge in [0.05, 0.1) is 19.1 Å². The first-order valence-corrected chi connectivity index (χ1v) is 19.2. The molecule has 4 rings (SSSR count). The molecule has 2 aromatic rings. The predicted octanol–water partition coefficient (Wildman–Crippen LogP) is 3.72. The van der Waals surface area contributed by atoms with E-state index in [1.54, 1.807) is 42.7 Å². The zero-order valence-corrected chi connectivity index (χ0v) is 32.3. The Labute approximate surface area is 310 Å². The SMILES string of the molecule is COC(=O)[C@@H](C)C[C@H](Cc1ncccn1)NC(=O)c1csc([C@@H](C[C@H](C(C)C)N(C)C(=O)[C@@H](NC(=O)[C@H]2CCCCN2C)C2CCC2)OC(C)=O)n1. The number of carbonyl (C=O) groups excluding carboxylic acids is 5. The Morgan fingerprint density at radius 3 is 2.33 bits per heavy atom. The van der Waals surface area contributed by atoms with Crippen LogP contribution in [0.2, 0.25) is 0 Å². The minimum Gasteiger partial charge on any atom is -0.469 e. The first-order valence-electron chi connectivity index (χ1n) is 18.3. The number of amides is 3. The number of hydrogen-bond acceptors (Lipinski definition) is 12. The van der Waals surface area contributed by atoms with Crippen LogP contribution in [0.25, 0.3) is 0 Å². The lowest BCUT2D eigenvalue weighted by molar-refractivity contribution is -0.149. The third-order valence-corrected chi connectivity index (χ3v) is 11.2. The van der Waals surface area contributed by atoms with E-state index < -0.39 is 42.0 Å². The third kappa shape index (κ3) is 11.0. The molecule has 0 unspecified atom stereocenters. The largest absolute Gasteiger partial charge is 0.469 e. The number of carbonyl (C=O) groups is 5. The van der Waals surface area contributed by atoms with Crippen molar-refractivity contribution in [2.75, 3.05) is 27.7 Å². The average molecular weight is 742 g/mol. The lowest BCUT2D eigenvalue weighted by atomic mass is 9.78. The van der Waals surface area contributed by atoms with Gasteiger partial charge in [-0.05, 0) is 63.6 Å². The molecule has 2 aliphatic rings. The second kappa shape index (κ2) is 19.2. The topological polar surface area (TPSA) is 173 Å². The van der Waals surface area contributed by atoms with E-state index in [4.69, 9.17) is 9.47 Å². The molecule has 0 spiro atoms. The Hall–Kier alpha value is -3.98. The van der Waals surface area contributed by atoms with Gasteiger partial charge in [0.2, 0.25) is 11.8 Å². The number of piperidine rings is 1. The van der Waals surface area contributed by atoms with Crippen molar-refractivity contribution < 1.29 is 33.4 Å². The first-order chi connectivity index (χ1) is 24.8. The molecule has 2 N–H and O–H groups in total. The van der Waals surface area contributed by atoms with Crippen LogP contribution < -0.4 is 10.6 Å². The van der Waals surface area contributed by atoms with Crippen molar-refractivity contribution in [1.82, 2.24) is 35.4 Å². The number of methoxy groups -OCH3 is 1. The van der Waals surface area contributed by atoms with Crippen molar-refractivity contribution in [2.45, 2.75) is 116 Å². The highest BCUT2D eigenvalue weighted by atomic mass is 32.1. The van der Waals surface area contributed by atoms with Crippen molar-refractivity contribution in [3.63, 3.8) is 0 Å². The van der Waals surface area contributed by atoms with Crippen molar-refractivity contribution in [1.29, 1.82) is 0 Å². The number of aromatic nitrogens is 3. The molecule has 1 aliphatic carbocycles. The summed E-state index contributed by atoms with van der Waals surface area (Å²) in [6.07, 6.45) is 8.80. The summed E-state index contributed by atoms with van der Waals surface area (Å²) in [6.45, 7) is 7.90. The number of esters is 2. The smallest absolute Gasteiger partial charge is 0.308 e. The van der Waals surface area contributed by atoms with Crippen LogP contribution in [0.1, 0.15) is 106 Å². The standard InChI is InChI=1S/C37H55N7O7S/c1-22(2)29(44(6)36(48)32(25-12-10-13-25)42-34(47)28-14-8-9-17-43(28)5)20-30(51-24(4)45)35-41-27(21-52-35)33(46)40-26(18-23(3)37(49)50-7)19-31-38-15-11-16-39-31/h11,15-16,21-23,25-26,28-30,32H,8-10,12-14,17-20H2,1-7H3,(H,40,46)(H,42,47)/t23-,26+,28+,29+,30+,32-/m0/s1. The summed E-state index contributed by atoms with van der Waals surface area (Å²) in [4.78, 5) is 82.6. The van der Waals surface area contributed by atoms with Gasteiger partial charge in [0.25, 0.3) is 5.91 Å². The molecule has 2 fully saturated rings. The Morgan fingerprint density at radius 1 is 1.02 bits per heavy atom. The van der Waals surface area contributed by atoms with Gasteiger partial charge in [-0.15, -0.1) is 11.3 Å². The molecule has 52 heavy (non-hydrogen) atoms. The summed E-state index contributed by atoms with van der Waals surface area (Å²) in [6, 6.07) is -0.0562. The number of nitrogens with zero attached hydrogens (tertiary/aromatic N) is 5. The van der Waals surface area contributed by atoms with E-state index in [1.165, 1.54) is 25.4 Å². The molecule has 1 saturated heterocycles. The number of thiazole rings is 1. The third-order valence-electron chi connectivity index (χ3n) is 10.3. The van der Waals surface area contributed by atoms with Crippen LogP contribution in [0.5, 0.6) is 0 Å². The number of ether oxygens (including phenoxy) is 2. The summed E-state index contributed by atoms with van der Waals surface area (Å²) < 4.78 is 10.7. The summed E-state index contributed by atoms with van der Waals surface area (Å²) in [5.41, 5.74) is 0.132. The minimum atomic E-state index is -0.827. The summed E-state index contributed by atoms with van der Waals surface area (Å²) >= 11 is 1.19. The maximum atomic E-state index is 14.2. The van der Waals surface area contributed by atoms with Crippen LogP contribution >= 0.6 is 11.3 Å². The monoisotopic (exact) mass is 741 g/mol. The predicted molar refractivity (Wildman–Crippen MR) is 195 cm³/mol. The average Bonchev–Trinajstić information content (AvgIpc) is 3.59. The Bertz CT molecular complexity index is 1520. The van der Waals surface area contributed by atoms with Crippen LogP contribution in [-0.2, 0) is 35.1 Å². The Balaban J connectivity index is 1.50. The van der Waals surface area contributed by atoms with Gasteiger partial charge in [0.15, 0.2) is 6.10 Å². The molecule has 1 saturated carbocycles. The minimum absolute atomic E-state index is 0.0327. The van der Waals surface area contributed by atoms with Crippen LogP contribution in [0.3, 0.4) is 0 Å². The molecule has 1 aliphatic heterocycles. The van der Waals surface area contributed by atoms with Gasteiger partial charge in [-0.25, -0.2) is 15.0 Å². The maximum absolute atomic E-state index is 14.2. The van der Waals surface area contributed by atoms with E-state index in [9.17, 15) is 24.0 Å². The van der Waals surface area contributed by atoms with E-state index in [1.807, 2.05) is 20.9 Å². The maximum Gasteiger partial charge on any atom is 0.308 e. The Kier molecular flexibility index (Phi) is 15.1. The summed E-state index contributed by atoms with van der Waals surface area (Å²) in [5.74, 6) is -1.58. The van der Waals surface area contributed by atoms with E-state index in [2.05, 4.69) is 30.5 Å². The van der Waals surface area contributed by atoms with E-state index >= 15 is 0 Å². The Morgan fingerprint density at radius 2 is 1.73 bits per heavy atom. The second-order valence-electron chi connectivity index (χ2n) is 14.5. The van der Waals surface area contributed by atoms with Gasteiger partial charge in [-0.1, -0.05) is 33.6 Å². The summed E-state index contributed by atoms with van der Waals surface area (Å²) in [5, 5.41) is 8.13. The van der Waals surface area contributed by atoms with Gasteiger partial charge < -0.3 is 25.0 Å². The fourth-order valence-corrected chi connectivity index (χ4v) is 7.90. The van der Waals surface area contributed by atoms with Gasteiger partial charge in [-0.3, -0.25) is 28.9 Å². The van der Waals surface area contributed by atoms with Crippen LogP contribution in [0.15, 0.2) is 23.8 Å². The molecule has 0 bridgehead atoms. The van der Waals surface area contributed by atoms with Crippen LogP contribution in [-0.4, -0.2) is 106 Å².